The fourth-order valence-corrected chi connectivity index (χ4v) is 2.85. The van der Waals surface area contributed by atoms with Gasteiger partial charge in [-0.25, -0.2) is 10.2 Å². The van der Waals surface area contributed by atoms with E-state index in [2.05, 4.69) is 15.8 Å². The van der Waals surface area contributed by atoms with E-state index in [9.17, 15) is 19.7 Å². The van der Waals surface area contributed by atoms with Crippen LogP contribution in [0, 0.1) is 10.1 Å². The molecule has 0 bridgehead atoms. The minimum absolute atomic E-state index is 0.109. The van der Waals surface area contributed by atoms with Crippen LogP contribution in [0.2, 0.25) is 0 Å². The Morgan fingerprint density at radius 1 is 1.14 bits per heavy atom. The number of amides is 1. The van der Waals surface area contributed by atoms with E-state index in [1.807, 2.05) is 0 Å². The highest BCUT2D eigenvalue weighted by molar-refractivity contribution is 5.95. The number of benzene rings is 2. The first-order chi connectivity index (χ1) is 13.9. The number of aromatic nitrogens is 1. The van der Waals surface area contributed by atoms with Crippen molar-refractivity contribution in [2.24, 2.45) is 0 Å². The molecule has 1 heterocycles. The summed E-state index contributed by atoms with van der Waals surface area (Å²) >= 11 is 0. The number of carbonyl (C=O) groups is 2. The largest absolute Gasteiger partial charge is 0.462 e. The van der Waals surface area contributed by atoms with Crippen LogP contribution in [0.1, 0.15) is 35.8 Å². The van der Waals surface area contributed by atoms with Crippen LogP contribution in [0.25, 0.3) is 10.9 Å². The van der Waals surface area contributed by atoms with Gasteiger partial charge in [-0.1, -0.05) is 18.2 Å². The Kier molecular flexibility index (Phi) is 5.89. The van der Waals surface area contributed by atoms with Crippen molar-refractivity contribution in [1.82, 2.24) is 15.8 Å². The molecule has 0 spiro atoms. The van der Waals surface area contributed by atoms with Crippen molar-refractivity contribution in [2.75, 3.05) is 0 Å². The summed E-state index contributed by atoms with van der Waals surface area (Å²) in [5.74, 6) is -1.06. The maximum Gasteiger partial charge on any atom is 0.329 e. The van der Waals surface area contributed by atoms with Gasteiger partial charge in [0.1, 0.15) is 0 Å². The number of fused-ring (bicyclic) bond motifs is 1. The molecule has 3 N–H and O–H groups in total. The van der Waals surface area contributed by atoms with Gasteiger partial charge in [0.15, 0.2) is 6.04 Å². The lowest BCUT2D eigenvalue weighted by Crippen LogP contribution is -2.43. The monoisotopic (exact) mass is 396 g/mol. The van der Waals surface area contributed by atoms with Crippen molar-refractivity contribution in [3.8, 4) is 0 Å². The summed E-state index contributed by atoms with van der Waals surface area (Å²) in [5, 5.41) is 11.6. The number of hydrogen-bond donors (Lipinski definition) is 3. The number of hydrogen-bond acceptors (Lipinski definition) is 6. The number of aromatic amines is 1. The van der Waals surface area contributed by atoms with Gasteiger partial charge in [0.25, 0.3) is 11.6 Å². The first-order valence-electron chi connectivity index (χ1n) is 8.93. The van der Waals surface area contributed by atoms with Crippen molar-refractivity contribution >= 4 is 28.5 Å². The maximum atomic E-state index is 12.7. The minimum atomic E-state index is -1.07. The van der Waals surface area contributed by atoms with Gasteiger partial charge < -0.3 is 9.72 Å². The highest BCUT2D eigenvalue weighted by atomic mass is 16.6. The lowest BCUT2D eigenvalue weighted by atomic mass is 10.1. The Morgan fingerprint density at radius 2 is 1.86 bits per heavy atom. The number of nitrogens with one attached hydrogen (secondary N) is 3. The summed E-state index contributed by atoms with van der Waals surface area (Å²) in [4.78, 5) is 38.6. The fourth-order valence-electron chi connectivity index (χ4n) is 2.85. The summed E-state index contributed by atoms with van der Waals surface area (Å²) in [6, 6.07) is 11.7. The van der Waals surface area contributed by atoms with Crippen molar-refractivity contribution < 1.29 is 19.2 Å². The molecule has 0 unspecified atom stereocenters. The van der Waals surface area contributed by atoms with Gasteiger partial charge in [0, 0.05) is 40.4 Å². The van der Waals surface area contributed by atoms with Crippen molar-refractivity contribution in [3.63, 3.8) is 0 Å². The molecule has 0 radical (unpaired) electrons. The van der Waals surface area contributed by atoms with Gasteiger partial charge in [0.2, 0.25) is 0 Å². The number of hydrazine groups is 1. The lowest BCUT2D eigenvalue weighted by Gasteiger charge is -2.19. The van der Waals surface area contributed by atoms with Gasteiger partial charge >= 0.3 is 5.97 Å². The van der Waals surface area contributed by atoms with Crippen LogP contribution in [-0.2, 0) is 9.53 Å². The van der Waals surface area contributed by atoms with Crippen LogP contribution in [0.15, 0.2) is 54.7 Å². The van der Waals surface area contributed by atoms with Crippen LogP contribution >= 0.6 is 0 Å². The lowest BCUT2D eigenvalue weighted by molar-refractivity contribution is -0.384. The number of carbonyl (C=O) groups excluding carboxylic acids is 2. The summed E-state index contributed by atoms with van der Waals surface area (Å²) in [5.41, 5.74) is 6.54. The molecule has 0 saturated heterocycles. The van der Waals surface area contributed by atoms with E-state index in [-0.39, 0.29) is 11.8 Å². The molecular weight excluding hydrogens is 376 g/mol. The second kappa shape index (κ2) is 8.53. The first-order valence-corrected chi connectivity index (χ1v) is 8.93. The number of ether oxygens (including phenoxy) is 1. The van der Waals surface area contributed by atoms with E-state index >= 15 is 0 Å². The molecule has 3 rings (SSSR count). The molecule has 1 atom stereocenters. The van der Waals surface area contributed by atoms with Gasteiger partial charge in [-0.05, 0) is 32.0 Å². The second-order valence-corrected chi connectivity index (χ2v) is 6.61. The van der Waals surface area contributed by atoms with E-state index in [0.717, 1.165) is 0 Å². The third kappa shape index (κ3) is 4.58. The molecule has 1 aromatic heterocycles. The predicted octanol–water partition coefficient (Wildman–Crippen LogP) is 3.00. The summed E-state index contributed by atoms with van der Waals surface area (Å²) < 4.78 is 5.30. The Bertz CT molecular complexity index is 1050. The zero-order chi connectivity index (χ0) is 21.0. The third-order valence-corrected chi connectivity index (χ3v) is 4.17. The Labute approximate surface area is 166 Å². The molecule has 0 aliphatic carbocycles. The number of esters is 1. The number of nitro groups is 1. The molecule has 0 fully saturated rings. The average Bonchev–Trinajstić information content (AvgIpc) is 3.11. The molecule has 3 aromatic rings. The van der Waals surface area contributed by atoms with E-state index < -0.39 is 22.8 Å². The first kappa shape index (κ1) is 20.0. The minimum Gasteiger partial charge on any atom is -0.462 e. The smallest absolute Gasteiger partial charge is 0.329 e. The van der Waals surface area contributed by atoms with Crippen LogP contribution < -0.4 is 10.9 Å². The fraction of sp³-hybridized carbons (Fsp3) is 0.200. The number of rotatable bonds is 7. The van der Waals surface area contributed by atoms with Gasteiger partial charge in [0.05, 0.1) is 11.0 Å². The van der Waals surface area contributed by atoms with Crippen LogP contribution in [-0.4, -0.2) is 27.9 Å². The Hall–Kier alpha value is -3.72. The zero-order valence-electron chi connectivity index (χ0n) is 15.8. The molecule has 29 heavy (non-hydrogen) atoms. The predicted molar refractivity (Wildman–Crippen MR) is 106 cm³/mol. The number of nitrogens with zero attached hydrogens (tertiary/aromatic N) is 1. The topological polar surface area (TPSA) is 126 Å². The van der Waals surface area contributed by atoms with E-state index in [1.165, 1.54) is 12.1 Å². The molecular formula is C20H20N4O5. The second-order valence-electron chi connectivity index (χ2n) is 6.61. The molecule has 0 aliphatic rings. The Morgan fingerprint density at radius 3 is 2.52 bits per heavy atom. The van der Waals surface area contributed by atoms with Crippen LogP contribution in [0.5, 0.6) is 0 Å². The van der Waals surface area contributed by atoms with Crippen molar-refractivity contribution in [2.45, 2.75) is 26.0 Å². The summed E-state index contributed by atoms with van der Waals surface area (Å²) in [6.45, 7) is 3.41. The van der Waals surface area contributed by atoms with Gasteiger partial charge in [-0.2, -0.15) is 0 Å². The van der Waals surface area contributed by atoms with Crippen LogP contribution in [0.3, 0.4) is 0 Å². The number of H-pyrrole nitrogens is 1. The summed E-state index contributed by atoms with van der Waals surface area (Å²) in [6.07, 6.45) is 1.18. The van der Waals surface area contributed by atoms with E-state index in [0.29, 0.717) is 22.0 Å². The quantitative estimate of drug-likeness (QED) is 0.320. The van der Waals surface area contributed by atoms with Gasteiger partial charge in [-0.3, -0.25) is 20.3 Å². The number of non-ortho nitro benzene ring substituents is 1. The molecule has 9 nitrogen and oxygen atoms in total. The molecule has 0 aliphatic heterocycles. The normalized spacial score (nSPS) is 12.0. The number of nitro benzene ring substituents is 1. The zero-order valence-corrected chi connectivity index (χ0v) is 15.8. The standard InChI is InChI=1S/C20H20N4O5/c1-12(2)29-20(26)18(22-23-19(25)13-6-4-3-5-7-13)16-11-21-17-9-8-14(24(27)28)10-15(16)17/h3-12,18,21-22H,1-2H3,(H,23,25)/t18-/m0/s1. The highest BCUT2D eigenvalue weighted by Crippen LogP contribution is 2.28. The average molecular weight is 396 g/mol. The third-order valence-electron chi connectivity index (χ3n) is 4.17. The summed E-state index contributed by atoms with van der Waals surface area (Å²) in [7, 11) is 0. The molecule has 1 amide bonds. The maximum absolute atomic E-state index is 12.7. The molecule has 2 aromatic carbocycles. The Balaban J connectivity index is 1.92. The molecule has 150 valence electrons. The van der Waals surface area contributed by atoms with Crippen LogP contribution in [0.4, 0.5) is 5.69 Å². The SMILES string of the molecule is CC(C)OC(=O)[C@@H](NNC(=O)c1ccccc1)c1c[nH]c2ccc([N+](=O)[O-])cc12. The van der Waals surface area contributed by atoms with Crippen molar-refractivity contribution in [1.29, 1.82) is 0 Å². The highest BCUT2D eigenvalue weighted by Gasteiger charge is 2.27. The van der Waals surface area contributed by atoms with Crippen molar-refractivity contribution in [3.05, 3.63) is 76.0 Å². The molecule has 9 heteroatoms. The van der Waals surface area contributed by atoms with E-state index in [1.54, 1.807) is 56.4 Å². The van der Waals surface area contributed by atoms with Gasteiger partial charge in [-0.15, -0.1) is 0 Å². The van der Waals surface area contributed by atoms with E-state index in [4.69, 9.17) is 4.74 Å². The molecule has 0 saturated carbocycles.